The first-order valence-electron chi connectivity index (χ1n) is 8.17. The number of benzene rings is 2. The Bertz CT molecular complexity index is 988. The molecule has 0 saturated heterocycles. The van der Waals surface area contributed by atoms with E-state index in [1.165, 1.54) is 0 Å². The highest BCUT2D eigenvalue weighted by atomic mass is 16.5. The van der Waals surface area contributed by atoms with Crippen LogP contribution in [0, 0.1) is 13.8 Å². The van der Waals surface area contributed by atoms with Crippen LogP contribution in [-0.4, -0.2) is 17.6 Å². The Balaban J connectivity index is 2.19. The molecule has 0 radical (unpaired) electrons. The summed E-state index contributed by atoms with van der Waals surface area (Å²) in [7, 11) is 0. The molecule has 25 heavy (non-hydrogen) atoms. The van der Waals surface area contributed by atoms with Crippen molar-refractivity contribution in [2.24, 2.45) is 0 Å². The average Bonchev–Trinajstić information content (AvgIpc) is 2.58. The molecule has 5 nitrogen and oxygen atoms in total. The number of carbonyl (C=O) groups excluding carboxylic acids is 1. The van der Waals surface area contributed by atoms with Gasteiger partial charge in [-0.3, -0.25) is 4.79 Å². The molecule has 0 atom stereocenters. The van der Waals surface area contributed by atoms with Gasteiger partial charge in [-0.05, 0) is 45.0 Å². The minimum atomic E-state index is -0.637. The topological polar surface area (TPSA) is 71.2 Å². The van der Waals surface area contributed by atoms with E-state index in [0.29, 0.717) is 16.7 Å². The van der Waals surface area contributed by atoms with Crippen molar-refractivity contribution in [2.75, 3.05) is 11.9 Å². The van der Waals surface area contributed by atoms with Gasteiger partial charge in [-0.1, -0.05) is 29.3 Å². The first kappa shape index (κ1) is 16.8. The Morgan fingerprint density at radius 1 is 1.08 bits per heavy atom. The molecule has 0 spiro atoms. The van der Waals surface area contributed by atoms with Crippen LogP contribution in [0.3, 0.4) is 0 Å². The fraction of sp³-hybridized carbons (Fsp3) is 0.200. The van der Waals surface area contributed by atoms with Gasteiger partial charge < -0.3 is 15.0 Å². The first-order valence-corrected chi connectivity index (χ1v) is 8.17. The van der Waals surface area contributed by atoms with Crippen LogP contribution in [-0.2, 0) is 4.74 Å². The molecule has 3 aromatic rings. The third-order valence-electron chi connectivity index (χ3n) is 3.96. The molecule has 0 fully saturated rings. The quantitative estimate of drug-likeness (QED) is 0.705. The average molecular weight is 336 g/mol. The molecule has 0 aliphatic rings. The minimum absolute atomic E-state index is 0.0134. The molecule has 128 valence electrons. The molecule has 0 saturated carbocycles. The number of aromatic amines is 1. The fourth-order valence-corrected chi connectivity index (χ4v) is 2.67. The molecule has 2 N–H and O–H groups in total. The Labute approximate surface area is 145 Å². The Morgan fingerprint density at radius 3 is 2.44 bits per heavy atom. The van der Waals surface area contributed by atoms with Gasteiger partial charge >= 0.3 is 5.97 Å². The second-order valence-electron chi connectivity index (χ2n) is 5.96. The molecule has 0 bridgehead atoms. The number of aryl methyl sites for hydroxylation is 2. The van der Waals surface area contributed by atoms with E-state index in [9.17, 15) is 9.59 Å². The van der Waals surface area contributed by atoms with Gasteiger partial charge in [0, 0.05) is 11.1 Å². The zero-order valence-corrected chi connectivity index (χ0v) is 14.5. The predicted molar refractivity (Wildman–Crippen MR) is 99.7 cm³/mol. The lowest BCUT2D eigenvalue weighted by molar-refractivity contribution is 0.0526. The van der Waals surface area contributed by atoms with E-state index in [2.05, 4.69) is 10.3 Å². The van der Waals surface area contributed by atoms with E-state index in [-0.39, 0.29) is 17.6 Å². The molecular formula is C20H20N2O3. The van der Waals surface area contributed by atoms with Gasteiger partial charge in [-0.15, -0.1) is 0 Å². The number of ether oxygens (including phenoxy) is 1. The maximum atomic E-state index is 12.9. The Morgan fingerprint density at radius 2 is 1.76 bits per heavy atom. The van der Waals surface area contributed by atoms with E-state index < -0.39 is 5.97 Å². The largest absolute Gasteiger partial charge is 0.462 e. The van der Waals surface area contributed by atoms with Gasteiger partial charge in [0.2, 0.25) is 5.43 Å². The summed E-state index contributed by atoms with van der Waals surface area (Å²) in [5, 5.41) is 3.60. The SMILES string of the molecule is CCOC(=O)c1c(Nc2ccc(C)cc2)[nH]c2ccc(C)cc2c1=O. The predicted octanol–water partition coefficient (Wildman–Crippen LogP) is 4.07. The summed E-state index contributed by atoms with van der Waals surface area (Å²) in [6, 6.07) is 13.2. The maximum absolute atomic E-state index is 12.9. The molecule has 2 aromatic carbocycles. The van der Waals surface area contributed by atoms with Crippen molar-refractivity contribution in [2.45, 2.75) is 20.8 Å². The first-order chi connectivity index (χ1) is 12.0. The third kappa shape index (κ3) is 3.40. The lowest BCUT2D eigenvalue weighted by Gasteiger charge is -2.13. The van der Waals surface area contributed by atoms with Crippen LogP contribution in [0.4, 0.5) is 11.5 Å². The smallest absolute Gasteiger partial charge is 0.345 e. The number of pyridine rings is 1. The van der Waals surface area contributed by atoms with Gasteiger partial charge in [-0.2, -0.15) is 0 Å². The van der Waals surface area contributed by atoms with Crippen molar-refractivity contribution in [3.05, 3.63) is 69.4 Å². The lowest BCUT2D eigenvalue weighted by atomic mass is 10.1. The van der Waals surface area contributed by atoms with Gasteiger partial charge in [-0.25, -0.2) is 4.79 Å². The Hall–Kier alpha value is -3.08. The van der Waals surface area contributed by atoms with Crippen LogP contribution >= 0.6 is 0 Å². The van der Waals surface area contributed by atoms with E-state index in [4.69, 9.17) is 4.74 Å². The highest BCUT2D eigenvalue weighted by molar-refractivity contribution is 5.99. The molecule has 1 aromatic heterocycles. The fourth-order valence-electron chi connectivity index (χ4n) is 2.67. The summed E-state index contributed by atoms with van der Waals surface area (Å²) in [4.78, 5) is 28.4. The van der Waals surface area contributed by atoms with Gasteiger partial charge in [0.1, 0.15) is 11.4 Å². The van der Waals surface area contributed by atoms with Gasteiger partial charge in [0.25, 0.3) is 0 Å². The van der Waals surface area contributed by atoms with Crippen molar-refractivity contribution < 1.29 is 9.53 Å². The summed E-state index contributed by atoms with van der Waals surface area (Å²) in [5.74, 6) is -0.301. The summed E-state index contributed by atoms with van der Waals surface area (Å²) in [6.45, 7) is 5.81. The summed E-state index contributed by atoms with van der Waals surface area (Å²) in [5.41, 5.74) is 3.16. The summed E-state index contributed by atoms with van der Waals surface area (Å²) in [6.07, 6.45) is 0. The van der Waals surface area contributed by atoms with Crippen LogP contribution in [0.1, 0.15) is 28.4 Å². The summed E-state index contributed by atoms with van der Waals surface area (Å²) >= 11 is 0. The van der Waals surface area contributed by atoms with Crippen LogP contribution < -0.4 is 10.7 Å². The minimum Gasteiger partial charge on any atom is -0.462 e. The number of hydrogen-bond donors (Lipinski definition) is 2. The van der Waals surface area contributed by atoms with E-state index in [1.807, 2.05) is 50.2 Å². The van der Waals surface area contributed by atoms with E-state index in [0.717, 1.165) is 16.8 Å². The molecule has 0 amide bonds. The zero-order valence-electron chi connectivity index (χ0n) is 14.5. The number of H-pyrrole nitrogens is 1. The van der Waals surface area contributed by atoms with Crippen LogP contribution in [0.2, 0.25) is 0 Å². The van der Waals surface area contributed by atoms with Crippen molar-refractivity contribution in [3.63, 3.8) is 0 Å². The number of rotatable bonds is 4. The number of carbonyl (C=O) groups is 1. The molecule has 3 rings (SSSR count). The molecule has 0 aliphatic carbocycles. The number of esters is 1. The normalized spacial score (nSPS) is 10.7. The molecule has 1 heterocycles. The van der Waals surface area contributed by atoms with Crippen molar-refractivity contribution in [1.29, 1.82) is 0 Å². The van der Waals surface area contributed by atoms with Crippen LogP contribution in [0.25, 0.3) is 10.9 Å². The molecule has 0 unspecified atom stereocenters. The monoisotopic (exact) mass is 336 g/mol. The van der Waals surface area contributed by atoms with Crippen LogP contribution in [0.15, 0.2) is 47.3 Å². The highest BCUT2D eigenvalue weighted by Gasteiger charge is 2.20. The van der Waals surface area contributed by atoms with E-state index in [1.54, 1.807) is 13.0 Å². The molecule has 5 heteroatoms. The van der Waals surface area contributed by atoms with Crippen molar-refractivity contribution in [3.8, 4) is 0 Å². The van der Waals surface area contributed by atoms with Crippen LogP contribution in [0.5, 0.6) is 0 Å². The number of hydrogen-bond acceptors (Lipinski definition) is 4. The van der Waals surface area contributed by atoms with Gasteiger partial charge in [0.15, 0.2) is 0 Å². The second kappa shape index (κ2) is 6.81. The standard InChI is InChI=1S/C20H20N2O3/c1-4-25-20(24)17-18(23)15-11-13(3)7-10-16(15)22-19(17)21-14-8-5-12(2)6-9-14/h5-11H,4H2,1-3H3,(H2,21,22,23). The Kier molecular flexibility index (Phi) is 4.57. The lowest BCUT2D eigenvalue weighted by Crippen LogP contribution is -2.21. The second-order valence-corrected chi connectivity index (χ2v) is 5.96. The van der Waals surface area contributed by atoms with Gasteiger partial charge in [0.05, 0.1) is 12.1 Å². The molecular weight excluding hydrogens is 316 g/mol. The maximum Gasteiger partial charge on any atom is 0.345 e. The number of anilines is 2. The van der Waals surface area contributed by atoms with E-state index >= 15 is 0 Å². The number of aromatic nitrogens is 1. The number of nitrogens with one attached hydrogen (secondary N) is 2. The highest BCUT2D eigenvalue weighted by Crippen LogP contribution is 2.22. The molecule has 0 aliphatic heterocycles. The third-order valence-corrected chi connectivity index (χ3v) is 3.96. The number of fused-ring (bicyclic) bond motifs is 1. The van der Waals surface area contributed by atoms with Crippen molar-refractivity contribution in [1.82, 2.24) is 4.98 Å². The zero-order chi connectivity index (χ0) is 18.0. The summed E-state index contributed by atoms with van der Waals surface area (Å²) < 4.78 is 5.09. The van der Waals surface area contributed by atoms with Crippen molar-refractivity contribution >= 4 is 28.4 Å².